The number of allylic oxidation sites excluding steroid dienone is 2. The molecule has 0 aliphatic rings. The van der Waals surface area contributed by atoms with Gasteiger partial charge in [-0.05, 0) is 38.5 Å². The number of rotatable bonds is 8. The van der Waals surface area contributed by atoms with Crippen LogP contribution in [0.2, 0.25) is 0 Å². The molecule has 0 aliphatic carbocycles. The number of carbonyl (C=O) groups excluding carboxylic acids is 2. The quantitative estimate of drug-likeness (QED) is 0.302. The van der Waals surface area contributed by atoms with Gasteiger partial charge in [-0.15, -0.1) is 13.2 Å². The molecule has 5 heteroatoms. The maximum atomic E-state index is 9.73. The van der Waals surface area contributed by atoms with E-state index in [9.17, 15) is 19.8 Å². The van der Waals surface area contributed by atoms with Crippen LogP contribution in [0.15, 0.2) is 25.3 Å². The van der Waals surface area contributed by atoms with Crippen molar-refractivity contribution in [1.82, 2.24) is 0 Å². The van der Waals surface area contributed by atoms with Gasteiger partial charge in [-0.1, -0.05) is 12.2 Å². The summed E-state index contributed by atoms with van der Waals surface area (Å²) in [4.78, 5) is 19.5. The molecule has 2 radical (unpaired) electrons. The average molecular weight is 433 g/mol. The number of unbranched alkanes of at least 4 members (excludes halogenated alkanes) is 2. The van der Waals surface area contributed by atoms with E-state index in [4.69, 9.17) is 0 Å². The molecule has 94 valence electrons. The maximum absolute atomic E-state index is 9.73. The topological polar surface area (TPSA) is 80.3 Å². The molecule has 4 nitrogen and oxygen atoms in total. The molecule has 0 aromatic rings. The molecule has 0 aromatic heterocycles. The third-order valence-corrected chi connectivity index (χ3v) is 1.58. The fourth-order valence-electron chi connectivity index (χ4n) is 0.781. The van der Waals surface area contributed by atoms with Gasteiger partial charge in [0.15, 0.2) is 0 Å². The zero-order valence-electron chi connectivity index (χ0n) is 9.94. The van der Waals surface area contributed by atoms with Crippen LogP contribution < -0.4 is 10.2 Å². The molecular formula is C12H18O4Pb. The van der Waals surface area contributed by atoms with Crippen molar-refractivity contribution < 1.29 is 19.8 Å². The minimum atomic E-state index is -0.980. The van der Waals surface area contributed by atoms with Crippen LogP contribution in [0.1, 0.15) is 38.5 Å². The van der Waals surface area contributed by atoms with Crippen molar-refractivity contribution in [3.05, 3.63) is 25.3 Å². The smallest absolute Gasteiger partial charge is 0.550 e. The van der Waals surface area contributed by atoms with E-state index >= 15 is 0 Å². The molecule has 17 heavy (non-hydrogen) atoms. The van der Waals surface area contributed by atoms with E-state index in [0.717, 1.165) is 12.8 Å². The van der Waals surface area contributed by atoms with Crippen LogP contribution in [0.5, 0.6) is 0 Å². The summed E-state index contributed by atoms with van der Waals surface area (Å²) in [6.07, 6.45) is 6.49. The zero-order chi connectivity index (χ0) is 12.8. The molecule has 0 atom stereocenters. The van der Waals surface area contributed by atoms with Gasteiger partial charge in [-0.3, -0.25) is 0 Å². The van der Waals surface area contributed by atoms with Gasteiger partial charge in [0.1, 0.15) is 0 Å². The minimum absolute atomic E-state index is 0. The molecule has 0 fully saturated rings. The van der Waals surface area contributed by atoms with E-state index in [1.165, 1.54) is 0 Å². The van der Waals surface area contributed by atoms with Crippen LogP contribution >= 0.6 is 0 Å². The summed E-state index contributed by atoms with van der Waals surface area (Å²) >= 11 is 0. The number of carboxylic acid groups (broad SMARTS) is 2. The van der Waals surface area contributed by atoms with Crippen LogP contribution in [-0.4, -0.2) is 39.2 Å². The Kier molecular flexibility index (Phi) is 22.5. The number of hydrogen-bond acceptors (Lipinski definition) is 4. The molecule has 0 N–H and O–H groups in total. The third-order valence-electron chi connectivity index (χ3n) is 1.58. The Labute approximate surface area is 123 Å². The van der Waals surface area contributed by atoms with Gasteiger partial charge in [0.25, 0.3) is 0 Å². The Morgan fingerprint density at radius 2 is 1.18 bits per heavy atom. The van der Waals surface area contributed by atoms with Crippen LogP contribution in [0, 0.1) is 0 Å². The summed E-state index contributed by atoms with van der Waals surface area (Å²) in [6, 6.07) is 0. The van der Waals surface area contributed by atoms with Crippen molar-refractivity contribution in [2.45, 2.75) is 38.5 Å². The van der Waals surface area contributed by atoms with E-state index in [-0.39, 0.29) is 40.1 Å². The summed E-state index contributed by atoms with van der Waals surface area (Å²) < 4.78 is 0. The molecule has 0 bridgehead atoms. The van der Waals surface area contributed by atoms with Gasteiger partial charge >= 0.3 is 27.3 Å². The summed E-state index contributed by atoms with van der Waals surface area (Å²) in [5.41, 5.74) is 0. The van der Waals surface area contributed by atoms with Crippen molar-refractivity contribution >= 4 is 39.2 Å². The summed E-state index contributed by atoms with van der Waals surface area (Å²) in [6.45, 7) is 6.89. The van der Waals surface area contributed by atoms with E-state index < -0.39 is 11.9 Å². The Hall–Kier alpha value is -0.658. The largest absolute Gasteiger partial charge is 2.00 e. The Balaban J connectivity index is -0.000000218. The molecule has 0 saturated carbocycles. The Morgan fingerprint density at radius 1 is 0.882 bits per heavy atom. The first-order chi connectivity index (χ1) is 7.54. The minimum Gasteiger partial charge on any atom is -0.550 e. The van der Waals surface area contributed by atoms with Crippen molar-refractivity contribution in [3.8, 4) is 0 Å². The zero-order valence-corrected chi connectivity index (χ0v) is 13.8. The predicted octanol–water partition coefficient (Wildman–Crippen LogP) is -0.196. The normalized spacial score (nSPS) is 8.00. The van der Waals surface area contributed by atoms with Crippen LogP contribution in [0.25, 0.3) is 0 Å². The van der Waals surface area contributed by atoms with Crippen molar-refractivity contribution in [1.29, 1.82) is 0 Å². The fraction of sp³-hybridized carbons (Fsp3) is 0.500. The predicted molar refractivity (Wildman–Crippen MR) is 63.9 cm³/mol. The molecule has 0 spiro atoms. The number of carboxylic acids is 2. The summed E-state index contributed by atoms with van der Waals surface area (Å²) in [5.74, 6) is -1.96. The van der Waals surface area contributed by atoms with E-state index in [2.05, 4.69) is 13.2 Å². The number of hydrogen-bond donors (Lipinski definition) is 0. The fourth-order valence-corrected chi connectivity index (χ4v) is 0.781. The third kappa shape index (κ3) is 31.3. The van der Waals surface area contributed by atoms with Gasteiger partial charge < -0.3 is 19.8 Å². The first-order valence-electron chi connectivity index (χ1n) is 5.16. The molecule has 0 heterocycles. The second kappa shape index (κ2) is 17.7. The first kappa shape index (κ1) is 21.6. The first-order valence-corrected chi connectivity index (χ1v) is 5.16. The molecule has 0 amide bonds. The van der Waals surface area contributed by atoms with E-state index in [1.54, 1.807) is 12.2 Å². The number of aliphatic carboxylic acids is 2. The van der Waals surface area contributed by atoms with Gasteiger partial charge in [-0.2, -0.15) is 0 Å². The van der Waals surface area contributed by atoms with Crippen LogP contribution in [0.3, 0.4) is 0 Å². The van der Waals surface area contributed by atoms with Crippen LogP contribution in [-0.2, 0) is 9.59 Å². The van der Waals surface area contributed by atoms with Gasteiger partial charge in [0.05, 0.1) is 0 Å². The van der Waals surface area contributed by atoms with Gasteiger partial charge in [0, 0.05) is 11.9 Å². The average Bonchev–Trinajstić information content (AvgIpc) is 2.18. The summed E-state index contributed by atoms with van der Waals surface area (Å²) in [7, 11) is 0. The molecular weight excluding hydrogens is 415 g/mol. The molecule has 0 rings (SSSR count). The SMILES string of the molecule is C=CCCCC(=O)[O-].C=CCCCC(=O)[O-].[Pb+2]. The van der Waals surface area contributed by atoms with Crippen LogP contribution in [0.4, 0.5) is 0 Å². The maximum Gasteiger partial charge on any atom is 2.00 e. The Morgan fingerprint density at radius 3 is 1.35 bits per heavy atom. The van der Waals surface area contributed by atoms with E-state index in [0.29, 0.717) is 12.8 Å². The molecule has 0 aliphatic heterocycles. The van der Waals surface area contributed by atoms with Crippen molar-refractivity contribution in [3.63, 3.8) is 0 Å². The van der Waals surface area contributed by atoms with Crippen molar-refractivity contribution in [2.75, 3.05) is 0 Å². The Bertz CT molecular complexity index is 203. The number of carbonyl (C=O) groups is 2. The molecule has 0 saturated heterocycles. The van der Waals surface area contributed by atoms with Gasteiger partial charge in [0.2, 0.25) is 0 Å². The van der Waals surface area contributed by atoms with Gasteiger partial charge in [-0.25, -0.2) is 0 Å². The van der Waals surface area contributed by atoms with E-state index in [1.807, 2.05) is 0 Å². The molecule has 0 aromatic carbocycles. The van der Waals surface area contributed by atoms with Crippen molar-refractivity contribution in [2.24, 2.45) is 0 Å². The summed E-state index contributed by atoms with van der Waals surface area (Å²) in [5, 5.41) is 19.5. The second-order valence-corrected chi connectivity index (χ2v) is 3.11. The monoisotopic (exact) mass is 434 g/mol. The standard InChI is InChI=1S/2C6H10O2.Pb/c2*1-2-3-4-5-6(7)8;/h2*2H,1,3-5H2,(H,7,8);/q;;+2/p-2. The molecule has 0 unspecified atom stereocenters. The second-order valence-electron chi connectivity index (χ2n) is 3.11.